The van der Waals surface area contributed by atoms with Gasteiger partial charge in [-0.2, -0.15) is 0 Å². The van der Waals surface area contributed by atoms with Crippen LogP contribution in [0.1, 0.15) is 43.6 Å². The number of hydrogen-bond donors (Lipinski definition) is 0. The van der Waals surface area contributed by atoms with Crippen LogP contribution in [-0.4, -0.2) is 53.9 Å². The molecule has 0 N–H and O–H groups in total. The van der Waals surface area contributed by atoms with Crippen molar-refractivity contribution in [3.63, 3.8) is 0 Å². The van der Waals surface area contributed by atoms with Crippen molar-refractivity contribution in [2.24, 2.45) is 0 Å². The van der Waals surface area contributed by atoms with Crippen molar-refractivity contribution in [2.75, 3.05) is 26.2 Å². The van der Waals surface area contributed by atoms with Crippen LogP contribution in [-0.2, 0) is 16.0 Å². The van der Waals surface area contributed by atoms with E-state index in [1.54, 1.807) is 11.3 Å². The maximum atomic E-state index is 13.0. The van der Waals surface area contributed by atoms with Crippen molar-refractivity contribution >= 4 is 23.2 Å². The van der Waals surface area contributed by atoms with Gasteiger partial charge in [0.05, 0.1) is 6.42 Å². The van der Waals surface area contributed by atoms with Gasteiger partial charge in [0, 0.05) is 31.1 Å². The molecule has 1 fully saturated rings. The van der Waals surface area contributed by atoms with Crippen molar-refractivity contribution in [2.45, 2.75) is 45.6 Å². The van der Waals surface area contributed by atoms with Gasteiger partial charge in [0.15, 0.2) is 6.10 Å². The van der Waals surface area contributed by atoms with E-state index in [0.717, 1.165) is 22.6 Å². The van der Waals surface area contributed by atoms with Crippen LogP contribution in [0.15, 0.2) is 41.8 Å². The molecule has 2 aromatic rings. The Kier molecular flexibility index (Phi) is 7.31. The summed E-state index contributed by atoms with van der Waals surface area (Å²) in [6.45, 7) is 8.51. The second kappa shape index (κ2) is 9.92. The molecule has 1 atom stereocenters. The number of benzene rings is 1. The van der Waals surface area contributed by atoms with Crippen LogP contribution in [0.4, 0.5) is 0 Å². The van der Waals surface area contributed by atoms with Gasteiger partial charge in [0.2, 0.25) is 5.91 Å². The smallest absolute Gasteiger partial charge is 0.263 e. The Morgan fingerprint density at radius 2 is 1.72 bits per heavy atom. The highest BCUT2D eigenvalue weighted by Gasteiger charge is 2.26. The Bertz CT molecular complexity index is 819. The van der Waals surface area contributed by atoms with Crippen LogP contribution in [0.2, 0.25) is 0 Å². The lowest BCUT2D eigenvalue weighted by Gasteiger charge is -2.26. The highest BCUT2D eigenvalue weighted by molar-refractivity contribution is 7.10. The molecule has 0 spiro atoms. The third kappa shape index (κ3) is 5.60. The molecule has 3 rings (SSSR count). The molecule has 1 aromatic carbocycles. The summed E-state index contributed by atoms with van der Waals surface area (Å²) in [6, 6.07) is 11.8. The fourth-order valence-corrected chi connectivity index (χ4v) is 4.32. The molecule has 29 heavy (non-hydrogen) atoms. The third-order valence-electron chi connectivity index (χ3n) is 5.26. The zero-order valence-electron chi connectivity index (χ0n) is 17.5. The van der Waals surface area contributed by atoms with Gasteiger partial charge in [-0.15, -0.1) is 11.3 Å². The van der Waals surface area contributed by atoms with E-state index in [-0.39, 0.29) is 11.8 Å². The highest BCUT2D eigenvalue weighted by Crippen LogP contribution is 2.27. The third-order valence-corrected chi connectivity index (χ3v) is 6.13. The molecule has 2 amide bonds. The molecule has 2 heterocycles. The maximum Gasteiger partial charge on any atom is 0.263 e. The predicted molar refractivity (Wildman–Crippen MR) is 116 cm³/mol. The molecule has 1 saturated heterocycles. The molecular weight excluding hydrogens is 384 g/mol. The van der Waals surface area contributed by atoms with Crippen molar-refractivity contribution in [3.8, 4) is 5.75 Å². The molecule has 0 aliphatic carbocycles. The van der Waals surface area contributed by atoms with E-state index in [1.807, 2.05) is 58.5 Å². The van der Waals surface area contributed by atoms with Gasteiger partial charge in [0.1, 0.15) is 5.75 Å². The van der Waals surface area contributed by atoms with Crippen LogP contribution in [0.3, 0.4) is 0 Å². The number of nitrogens with zero attached hydrogens (tertiary/aromatic N) is 2. The van der Waals surface area contributed by atoms with Crippen LogP contribution in [0.5, 0.6) is 5.75 Å². The van der Waals surface area contributed by atoms with E-state index in [0.29, 0.717) is 38.5 Å². The Hall–Kier alpha value is -2.34. The minimum absolute atomic E-state index is 0.0175. The maximum absolute atomic E-state index is 13.0. The lowest BCUT2D eigenvalue weighted by atomic mass is 10.0. The van der Waals surface area contributed by atoms with E-state index in [9.17, 15) is 9.59 Å². The molecule has 0 bridgehead atoms. The summed E-state index contributed by atoms with van der Waals surface area (Å²) in [5, 5.41) is 1.99. The summed E-state index contributed by atoms with van der Waals surface area (Å²) in [6.07, 6.45) is 0.678. The lowest BCUT2D eigenvalue weighted by molar-refractivity contribution is -0.138. The summed E-state index contributed by atoms with van der Waals surface area (Å²) < 4.78 is 6.04. The number of rotatable bonds is 6. The molecule has 1 aliphatic rings. The van der Waals surface area contributed by atoms with Crippen LogP contribution < -0.4 is 4.74 Å². The first-order valence-corrected chi connectivity index (χ1v) is 11.2. The minimum Gasteiger partial charge on any atom is -0.481 e. The van der Waals surface area contributed by atoms with Gasteiger partial charge < -0.3 is 14.5 Å². The largest absolute Gasteiger partial charge is 0.481 e. The summed E-state index contributed by atoms with van der Waals surface area (Å²) in [4.78, 5) is 30.3. The van der Waals surface area contributed by atoms with E-state index in [2.05, 4.69) is 13.8 Å². The fraction of sp³-hybridized carbons (Fsp3) is 0.478. The Labute approximate surface area is 177 Å². The zero-order valence-corrected chi connectivity index (χ0v) is 18.3. The monoisotopic (exact) mass is 414 g/mol. The average molecular weight is 415 g/mol. The summed E-state index contributed by atoms with van der Waals surface area (Å²) in [5.74, 6) is 1.22. The molecule has 5 nitrogen and oxygen atoms in total. The summed E-state index contributed by atoms with van der Waals surface area (Å²) in [5.41, 5.74) is 1.10. The lowest BCUT2D eigenvalue weighted by Crippen LogP contribution is -2.43. The first kappa shape index (κ1) is 21.4. The van der Waals surface area contributed by atoms with Crippen molar-refractivity contribution in [3.05, 3.63) is 52.2 Å². The fourth-order valence-electron chi connectivity index (χ4n) is 3.62. The van der Waals surface area contributed by atoms with Crippen LogP contribution >= 0.6 is 11.3 Å². The topological polar surface area (TPSA) is 49.9 Å². The number of thiophene rings is 1. The highest BCUT2D eigenvalue weighted by atomic mass is 32.1. The average Bonchev–Trinajstić information content (AvgIpc) is 3.08. The van der Waals surface area contributed by atoms with Gasteiger partial charge in [0.25, 0.3) is 5.91 Å². The van der Waals surface area contributed by atoms with Crippen LogP contribution in [0, 0.1) is 0 Å². The molecule has 0 radical (unpaired) electrons. The second-order valence-corrected chi connectivity index (χ2v) is 8.80. The molecule has 1 unspecified atom stereocenters. The molecule has 0 saturated carbocycles. The number of carbonyl (C=O) groups is 2. The van der Waals surface area contributed by atoms with Gasteiger partial charge >= 0.3 is 0 Å². The number of amides is 2. The van der Waals surface area contributed by atoms with E-state index >= 15 is 0 Å². The second-order valence-electron chi connectivity index (χ2n) is 7.77. The quantitative estimate of drug-likeness (QED) is 0.719. The van der Waals surface area contributed by atoms with Gasteiger partial charge in [-0.25, -0.2) is 0 Å². The first-order valence-electron chi connectivity index (χ1n) is 10.3. The SMILES string of the molecule is CC(Oc1ccccc1C(C)C)C(=O)N1CCCN(C(=O)Cc2cccs2)CC1. The first-order chi connectivity index (χ1) is 14.0. The normalized spacial score (nSPS) is 15.9. The summed E-state index contributed by atoms with van der Waals surface area (Å²) in [7, 11) is 0. The number of ether oxygens (including phenoxy) is 1. The molecule has 1 aromatic heterocycles. The minimum atomic E-state index is -0.553. The van der Waals surface area contributed by atoms with Crippen molar-refractivity contribution in [1.82, 2.24) is 9.80 Å². The van der Waals surface area contributed by atoms with Gasteiger partial charge in [-0.05, 0) is 42.3 Å². The van der Waals surface area contributed by atoms with Gasteiger partial charge in [-0.3, -0.25) is 9.59 Å². The van der Waals surface area contributed by atoms with Crippen molar-refractivity contribution in [1.29, 1.82) is 0 Å². The molecule has 156 valence electrons. The Morgan fingerprint density at radius 1 is 1.00 bits per heavy atom. The van der Waals surface area contributed by atoms with Gasteiger partial charge in [-0.1, -0.05) is 38.1 Å². The Morgan fingerprint density at radius 3 is 2.45 bits per heavy atom. The zero-order chi connectivity index (χ0) is 20.8. The van der Waals surface area contributed by atoms with Crippen molar-refractivity contribution < 1.29 is 14.3 Å². The molecular formula is C23H30N2O3S. The van der Waals surface area contributed by atoms with E-state index < -0.39 is 6.10 Å². The molecule has 6 heteroatoms. The standard InChI is InChI=1S/C23H30N2O3S/c1-17(2)20-9-4-5-10-21(20)28-18(3)23(27)25-12-7-11-24(13-14-25)22(26)16-19-8-6-15-29-19/h4-6,8-10,15,17-18H,7,11-14,16H2,1-3H3. The predicted octanol–water partition coefficient (Wildman–Crippen LogP) is 3.94. The number of hydrogen-bond acceptors (Lipinski definition) is 4. The van der Waals surface area contributed by atoms with Crippen LogP contribution in [0.25, 0.3) is 0 Å². The Balaban J connectivity index is 1.57. The van der Waals surface area contributed by atoms with E-state index in [1.165, 1.54) is 0 Å². The van der Waals surface area contributed by atoms with E-state index in [4.69, 9.17) is 4.74 Å². The molecule has 1 aliphatic heterocycles. The summed E-state index contributed by atoms with van der Waals surface area (Å²) >= 11 is 1.61. The number of para-hydroxylation sites is 1. The number of carbonyl (C=O) groups excluding carboxylic acids is 2.